The molecule has 0 aliphatic heterocycles. The zero-order chi connectivity index (χ0) is 20.2. The van der Waals surface area contributed by atoms with Crippen LogP contribution < -0.4 is 10.6 Å². The minimum absolute atomic E-state index is 0.119. The fourth-order valence-electron chi connectivity index (χ4n) is 2.19. The van der Waals surface area contributed by atoms with E-state index < -0.39 is 22.7 Å². The molecule has 5 nitrogen and oxygen atoms in total. The van der Waals surface area contributed by atoms with Gasteiger partial charge in [0.25, 0.3) is 5.91 Å². The summed E-state index contributed by atoms with van der Waals surface area (Å²) < 4.78 is 38.5. The fraction of sp³-hybridized carbons (Fsp3) is 0.222. The van der Waals surface area contributed by atoms with Gasteiger partial charge in [0.1, 0.15) is 0 Å². The molecule has 0 saturated heterocycles. The van der Waals surface area contributed by atoms with Gasteiger partial charge in [0, 0.05) is 31.0 Å². The molecule has 0 aliphatic rings. The first-order valence-corrected chi connectivity index (χ1v) is 8.18. The number of hydrogen-bond donors (Lipinski definition) is 2. The molecule has 144 valence electrons. The lowest BCUT2D eigenvalue weighted by atomic mass is 10.2. The SMILES string of the molecule is CN(C)C(=O)c1ccc(NC(=O)CNc2ccc(Cl)c(C(F)(F)F)c2)cc1. The number of carbonyl (C=O) groups excluding carboxylic acids is 2. The molecule has 0 saturated carbocycles. The Balaban J connectivity index is 1.96. The van der Waals surface area contributed by atoms with E-state index in [1.807, 2.05) is 0 Å². The van der Waals surface area contributed by atoms with E-state index in [1.165, 1.54) is 11.0 Å². The molecular weight excluding hydrogens is 383 g/mol. The highest BCUT2D eigenvalue weighted by atomic mass is 35.5. The largest absolute Gasteiger partial charge is 0.417 e. The molecule has 0 heterocycles. The van der Waals surface area contributed by atoms with Gasteiger partial charge in [-0.05, 0) is 42.5 Å². The number of carbonyl (C=O) groups is 2. The Morgan fingerprint density at radius 1 is 1.04 bits per heavy atom. The number of benzene rings is 2. The molecule has 2 aromatic carbocycles. The summed E-state index contributed by atoms with van der Waals surface area (Å²) in [5.41, 5.74) is 0.0747. The lowest BCUT2D eigenvalue weighted by molar-refractivity contribution is -0.137. The van der Waals surface area contributed by atoms with Crippen LogP contribution in [0, 0.1) is 0 Å². The average molecular weight is 400 g/mol. The monoisotopic (exact) mass is 399 g/mol. The second-order valence-corrected chi connectivity index (χ2v) is 6.28. The van der Waals surface area contributed by atoms with Crippen molar-refractivity contribution in [3.8, 4) is 0 Å². The zero-order valence-electron chi connectivity index (χ0n) is 14.5. The highest BCUT2D eigenvalue weighted by molar-refractivity contribution is 6.31. The predicted molar refractivity (Wildman–Crippen MR) is 98.0 cm³/mol. The van der Waals surface area contributed by atoms with Crippen molar-refractivity contribution in [3.63, 3.8) is 0 Å². The van der Waals surface area contributed by atoms with Gasteiger partial charge in [0.2, 0.25) is 5.91 Å². The smallest absolute Gasteiger partial charge is 0.376 e. The summed E-state index contributed by atoms with van der Waals surface area (Å²) in [6.45, 7) is -0.239. The van der Waals surface area contributed by atoms with Gasteiger partial charge in [-0.3, -0.25) is 9.59 Å². The van der Waals surface area contributed by atoms with Gasteiger partial charge in [0.15, 0.2) is 0 Å². The topological polar surface area (TPSA) is 61.4 Å². The lowest BCUT2D eigenvalue weighted by Crippen LogP contribution is -2.23. The molecule has 2 aromatic rings. The second-order valence-electron chi connectivity index (χ2n) is 5.87. The van der Waals surface area contributed by atoms with Gasteiger partial charge >= 0.3 is 6.18 Å². The van der Waals surface area contributed by atoms with Crippen LogP contribution in [0.2, 0.25) is 5.02 Å². The number of rotatable bonds is 5. The van der Waals surface area contributed by atoms with E-state index in [2.05, 4.69) is 10.6 Å². The van der Waals surface area contributed by atoms with Crippen LogP contribution in [0.25, 0.3) is 0 Å². The third-order valence-electron chi connectivity index (χ3n) is 3.55. The Hall–Kier alpha value is -2.74. The summed E-state index contributed by atoms with van der Waals surface area (Å²) in [4.78, 5) is 25.2. The summed E-state index contributed by atoms with van der Waals surface area (Å²) in [7, 11) is 3.26. The molecule has 0 spiro atoms. The molecule has 2 amide bonds. The van der Waals surface area contributed by atoms with Gasteiger partial charge < -0.3 is 15.5 Å². The van der Waals surface area contributed by atoms with E-state index >= 15 is 0 Å². The number of hydrogen-bond acceptors (Lipinski definition) is 3. The summed E-state index contributed by atoms with van der Waals surface area (Å²) in [6, 6.07) is 9.59. The maximum absolute atomic E-state index is 12.8. The molecular formula is C18H17ClF3N3O2. The normalized spacial score (nSPS) is 11.0. The van der Waals surface area contributed by atoms with Crippen molar-refractivity contribution in [2.24, 2.45) is 0 Å². The van der Waals surface area contributed by atoms with Crippen molar-refractivity contribution in [1.82, 2.24) is 4.90 Å². The molecule has 2 rings (SSSR count). The first kappa shape index (κ1) is 20.6. The van der Waals surface area contributed by atoms with E-state index in [4.69, 9.17) is 11.6 Å². The van der Waals surface area contributed by atoms with E-state index in [1.54, 1.807) is 38.4 Å². The summed E-state index contributed by atoms with van der Waals surface area (Å²) in [5.74, 6) is -0.622. The number of halogens is 4. The third-order valence-corrected chi connectivity index (χ3v) is 3.88. The van der Waals surface area contributed by atoms with Crippen LogP contribution in [0.1, 0.15) is 15.9 Å². The van der Waals surface area contributed by atoms with E-state index in [9.17, 15) is 22.8 Å². The number of nitrogens with one attached hydrogen (secondary N) is 2. The van der Waals surface area contributed by atoms with Gasteiger partial charge in [-0.2, -0.15) is 13.2 Å². The first-order chi connectivity index (χ1) is 12.6. The number of amides is 2. The summed E-state index contributed by atoms with van der Waals surface area (Å²) in [5, 5.41) is 4.79. The van der Waals surface area contributed by atoms with Crippen LogP contribution in [-0.2, 0) is 11.0 Å². The minimum Gasteiger partial charge on any atom is -0.376 e. The Morgan fingerprint density at radius 2 is 1.63 bits per heavy atom. The van der Waals surface area contributed by atoms with Crippen molar-refractivity contribution < 1.29 is 22.8 Å². The van der Waals surface area contributed by atoms with Gasteiger partial charge in [0.05, 0.1) is 17.1 Å². The van der Waals surface area contributed by atoms with Crippen molar-refractivity contribution in [2.75, 3.05) is 31.3 Å². The van der Waals surface area contributed by atoms with Crippen molar-refractivity contribution in [3.05, 3.63) is 58.6 Å². The average Bonchev–Trinajstić information content (AvgIpc) is 2.60. The summed E-state index contributed by atoms with van der Waals surface area (Å²) in [6.07, 6.45) is -4.58. The number of alkyl halides is 3. The molecule has 0 atom stereocenters. The van der Waals surface area contributed by atoms with Crippen molar-refractivity contribution in [1.29, 1.82) is 0 Å². The van der Waals surface area contributed by atoms with Crippen LogP contribution in [-0.4, -0.2) is 37.4 Å². The quantitative estimate of drug-likeness (QED) is 0.795. The Bertz CT molecular complexity index is 837. The minimum atomic E-state index is -4.58. The standard InChI is InChI=1S/C18H17ClF3N3O2/c1-25(2)17(27)11-3-5-12(6-4-11)24-16(26)10-23-13-7-8-15(19)14(9-13)18(20,21)22/h3-9,23H,10H2,1-2H3,(H,24,26). The van der Waals surface area contributed by atoms with Gasteiger partial charge in [-0.25, -0.2) is 0 Å². The van der Waals surface area contributed by atoms with E-state index in [0.717, 1.165) is 12.1 Å². The number of anilines is 2. The zero-order valence-corrected chi connectivity index (χ0v) is 15.3. The van der Waals surface area contributed by atoms with Gasteiger partial charge in [-0.1, -0.05) is 11.6 Å². The molecule has 27 heavy (non-hydrogen) atoms. The molecule has 0 radical (unpaired) electrons. The van der Waals surface area contributed by atoms with Crippen LogP contribution in [0.4, 0.5) is 24.5 Å². The molecule has 0 bridgehead atoms. The van der Waals surface area contributed by atoms with Crippen LogP contribution in [0.15, 0.2) is 42.5 Å². The summed E-state index contributed by atoms with van der Waals surface area (Å²) >= 11 is 5.55. The Kier molecular flexibility index (Phi) is 6.32. The Labute approximate surface area is 159 Å². The highest BCUT2D eigenvalue weighted by Crippen LogP contribution is 2.36. The molecule has 0 aliphatic carbocycles. The predicted octanol–water partition coefficient (Wildman–Crippen LogP) is 4.11. The van der Waals surface area contributed by atoms with E-state index in [0.29, 0.717) is 11.3 Å². The molecule has 2 N–H and O–H groups in total. The first-order valence-electron chi connectivity index (χ1n) is 7.80. The Morgan fingerprint density at radius 3 is 2.19 bits per heavy atom. The number of nitrogens with zero attached hydrogens (tertiary/aromatic N) is 1. The highest BCUT2D eigenvalue weighted by Gasteiger charge is 2.33. The maximum Gasteiger partial charge on any atom is 0.417 e. The fourth-order valence-corrected chi connectivity index (χ4v) is 2.42. The van der Waals surface area contributed by atoms with Crippen LogP contribution >= 0.6 is 11.6 Å². The molecule has 0 fully saturated rings. The van der Waals surface area contributed by atoms with E-state index in [-0.39, 0.29) is 18.1 Å². The molecule has 0 aromatic heterocycles. The van der Waals surface area contributed by atoms with Crippen LogP contribution in [0.5, 0.6) is 0 Å². The lowest BCUT2D eigenvalue weighted by Gasteiger charge is -2.13. The van der Waals surface area contributed by atoms with Gasteiger partial charge in [-0.15, -0.1) is 0 Å². The van der Waals surface area contributed by atoms with Crippen molar-refractivity contribution >= 4 is 34.8 Å². The molecule has 0 unspecified atom stereocenters. The molecule has 9 heteroatoms. The van der Waals surface area contributed by atoms with Crippen LogP contribution in [0.3, 0.4) is 0 Å². The maximum atomic E-state index is 12.8. The second kappa shape index (κ2) is 8.30. The third kappa shape index (κ3) is 5.62. The van der Waals surface area contributed by atoms with Crippen molar-refractivity contribution in [2.45, 2.75) is 6.18 Å².